The molecule has 2 aromatic rings. The second-order valence-electron chi connectivity index (χ2n) is 3.94. The van der Waals surface area contributed by atoms with Gasteiger partial charge >= 0.3 is 0 Å². The minimum atomic E-state index is -0.714. The van der Waals surface area contributed by atoms with Crippen LogP contribution >= 0.6 is 11.6 Å². The summed E-state index contributed by atoms with van der Waals surface area (Å²) in [5, 5.41) is 0.399. The molecule has 0 heterocycles. The summed E-state index contributed by atoms with van der Waals surface area (Å²) in [6.45, 7) is 0.647. The second kappa shape index (κ2) is 6.54. The molecule has 0 fully saturated rings. The van der Waals surface area contributed by atoms with Crippen molar-refractivity contribution in [1.29, 1.82) is 0 Å². The molecule has 0 aliphatic carbocycles. The third kappa shape index (κ3) is 3.82. The zero-order chi connectivity index (χ0) is 14.5. The SMILES string of the molecule is NCCOc1cc(Oc2cc(F)cc(F)c2)ccc1Cl. The van der Waals surface area contributed by atoms with Gasteiger partial charge in [0.1, 0.15) is 35.5 Å². The fourth-order valence-electron chi connectivity index (χ4n) is 1.55. The van der Waals surface area contributed by atoms with Crippen LogP contribution in [0.1, 0.15) is 0 Å². The van der Waals surface area contributed by atoms with E-state index in [0.717, 1.165) is 18.2 Å². The van der Waals surface area contributed by atoms with E-state index in [4.69, 9.17) is 26.8 Å². The fraction of sp³-hybridized carbons (Fsp3) is 0.143. The Morgan fingerprint density at radius 1 is 1.00 bits per heavy atom. The van der Waals surface area contributed by atoms with E-state index in [1.165, 1.54) is 6.07 Å². The number of nitrogens with two attached hydrogens (primary N) is 1. The minimum absolute atomic E-state index is 0.0506. The highest BCUT2D eigenvalue weighted by Gasteiger charge is 2.07. The largest absolute Gasteiger partial charge is 0.491 e. The van der Waals surface area contributed by atoms with Crippen LogP contribution < -0.4 is 15.2 Å². The van der Waals surface area contributed by atoms with Crippen LogP contribution in [0.4, 0.5) is 8.78 Å². The number of halogens is 3. The van der Waals surface area contributed by atoms with Gasteiger partial charge in [-0.2, -0.15) is 0 Å². The number of hydrogen-bond acceptors (Lipinski definition) is 3. The molecule has 0 bridgehead atoms. The maximum Gasteiger partial charge on any atom is 0.141 e. The van der Waals surface area contributed by atoms with Crippen LogP contribution in [-0.4, -0.2) is 13.2 Å². The maximum absolute atomic E-state index is 13.1. The van der Waals surface area contributed by atoms with Gasteiger partial charge in [-0.25, -0.2) is 8.78 Å². The Kier molecular flexibility index (Phi) is 4.76. The molecule has 20 heavy (non-hydrogen) atoms. The number of hydrogen-bond donors (Lipinski definition) is 1. The lowest BCUT2D eigenvalue weighted by Crippen LogP contribution is -2.10. The normalized spacial score (nSPS) is 10.4. The average Bonchev–Trinajstić information content (AvgIpc) is 2.38. The van der Waals surface area contributed by atoms with Crippen molar-refractivity contribution in [2.45, 2.75) is 0 Å². The number of rotatable bonds is 5. The highest BCUT2D eigenvalue weighted by Crippen LogP contribution is 2.31. The Bertz CT molecular complexity index is 587. The van der Waals surface area contributed by atoms with Crippen molar-refractivity contribution in [2.24, 2.45) is 5.73 Å². The first-order valence-corrected chi connectivity index (χ1v) is 6.22. The van der Waals surface area contributed by atoms with Gasteiger partial charge < -0.3 is 15.2 Å². The van der Waals surface area contributed by atoms with Crippen LogP contribution in [0.25, 0.3) is 0 Å². The first-order chi connectivity index (χ1) is 9.58. The van der Waals surface area contributed by atoms with Crippen LogP contribution in [0, 0.1) is 11.6 Å². The van der Waals surface area contributed by atoms with Crippen LogP contribution in [0.15, 0.2) is 36.4 Å². The van der Waals surface area contributed by atoms with Gasteiger partial charge in [0.2, 0.25) is 0 Å². The molecule has 106 valence electrons. The van der Waals surface area contributed by atoms with E-state index in [1.54, 1.807) is 12.1 Å². The van der Waals surface area contributed by atoms with Gasteiger partial charge in [-0.3, -0.25) is 0 Å². The molecule has 0 saturated carbocycles. The molecule has 2 rings (SSSR count). The average molecular weight is 300 g/mol. The van der Waals surface area contributed by atoms with Crippen LogP contribution in [-0.2, 0) is 0 Å². The molecule has 6 heteroatoms. The number of ether oxygens (including phenoxy) is 2. The van der Waals surface area contributed by atoms with E-state index in [1.807, 2.05) is 0 Å². The van der Waals surface area contributed by atoms with Crippen molar-refractivity contribution >= 4 is 11.6 Å². The van der Waals surface area contributed by atoms with Gasteiger partial charge in [-0.15, -0.1) is 0 Å². The Morgan fingerprint density at radius 3 is 2.35 bits per heavy atom. The highest BCUT2D eigenvalue weighted by atomic mass is 35.5. The smallest absolute Gasteiger partial charge is 0.141 e. The summed E-state index contributed by atoms with van der Waals surface area (Å²) in [5.41, 5.74) is 5.34. The second-order valence-corrected chi connectivity index (χ2v) is 4.34. The van der Waals surface area contributed by atoms with Gasteiger partial charge in [0.25, 0.3) is 0 Å². The molecule has 0 unspecified atom stereocenters. The van der Waals surface area contributed by atoms with Crippen LogP contribution in [0.3, 0.4) is 0 Å². The van der Waals surface area contributed by atoms with E-state index < -0.39 is 11.6 Å². The Labute approximate surface area is 119 Å². The van der Waals surface area contributed by atoms with E-state index in [2.05, 4.69) is 0 Å². The van der Waals surface area contributed by atoms with Crippen molar-refractivity contribution in [3.63, 3.8) is 0 Å². The monoisotopic (exact) mass is 299 g/mol. The molecule has 3 nitrogen and oxygen atoms in total. The lowest BCUT2D eigenvalue weighted by Gasteiger charge is -2.10. The predicted octanol–water partition coefficient (Wildman–Crippen LogP) is 3.75. The summed E-state index contributed by atoms with van der Waals surface area (Å²) in [6, 6.07) is 7.60. The number of benzene rings is 2. The van der Waals surface area contributed by atoms with Gasteiger partial charge in [-0.1, -0.05) is 11.6 Å². The summed E-state index contributed by atoms with van der Waals surface area (Å²) in [7, 11) is 0. The van der Waals surface area contributed by atoms with Crippen molar-refractivity contribution in [3.8, 4) is 17.2 Å². The molecule has 0 aliphatic rings. The molecular formula is C14H12ClF2NO2. The molecule has 0 aromatic heterocycles. The molecular weight excluding hydrogens is 288 g/mol. The molecule has 0 saturated heterocycles. The molecule has 0 spiro atoms. The third-order valence-corrected chi connectivity index (χ3v) is 2.66. The molecule has 2 N–H and O–H groups in total. The van der Waals surface area contributed by atoms with E-state index in [0.29, 0.717) is 29.7 Å². The maximum atomic E-state index is 13.1. The highest BCUT2D eigenvalue weighted by molar-refractivity contribution is 6.32. The van der Waals surface area contributed by atoms with Crippen molar-refractivity contribution in [2.75, 3.05) is 13.2 Å². The minimum Gasteiger partial charge on any atom is -0.491 e. The molecule has 0 radical (unpaired) electrons. The Balaban J connectivity index is 2.20. The summed E-state index contributed by atoms with van der Waals surface area (Å²) >= 11 is 5.94. The Morgan fingerprint density at radius 2 is 1.70 bits per heavy atom. The predicted molar refractivity (Wildman–Crippen MR) is 72.4 cm³/mol. The molecule has 0 aliphatic heterocycles. The summed E-state index contributed by atoms with van der Waals surface area (Å²) < 4.78 is 36.8. The molecule has 0 amide bonds. The summed E-state index contributed by atoms with van der Waals surface area (Å²) in [6.07, 6.45) is 0. The van der Waals surface area contributed by atoms with Gasteiger partial charge in [-0.05, 0) is 12.1 Å². The van der Waals surface area contributed by atoms with Gasteiger partial charge in [0.15, 0.2) is 0 Å². The first-order valence-electron chi connectivity index (χ1n) is 5.85. The van der Waals surface area contributed by atoms with Gasteiger partial charge in [0.05, 0.1) is 5.02 Å². The zero-order valence-electron chi connectivity index (χ0n) is 10.4. The fourth-order valence-corrected chi connectivity index (χ4v) is 1.72. The summed E-state index contributed by atoms with van der Waals surface area (Å²) in [4.78, 5) is 0. The first kappa shape index (κ1) is 14.6. The van der Waals surface area contributed by atoms with E-state index >= 15 is 0 Å². The quantitative estimate of drug-likeness (QED) is 0.914. The van der Waals surface area contributed by atoms with Gasteiger partial charge in [0, 0.05) is 30.8 Å². The third-order valence-electron chi connectivity index (χ3n) is 2.35. The van der Waals surface area contributed by atoms with E-state index in [-0.39, 0.29) is 5.75 Å². The van der Waals surface area contributed by atoms with Crippen molar-refractivity contribution < 1.29 is 18.3 Å². The lowest BCUT2D eigenvalue weighted by atomic mass is 10.3. The van der Waals surface area contributed by atoms with Crippen LogP contribution in [0.2, 0.25) is 5.02 Å². The summed E-state index contributed by atoms with van der Waals surface area (Å²) in [5.74, 6) is -0.630. The van der Waals surface area contributed by atoms with Crippen molar-refractivity contribution in [3.05, 3.63) is 53.1 Å². The lowest BCUT2D eigenvalue weighted by molar-refractivity contribution is 0.326. The zero-order valence-corrected chi connectivity index (χ0v) is 11.2. The van der Waals surface area contributed by atoms with Crippen LogP contribution in [0.5, 0.6) is 17.2 Å². The topological polar surface area (TPSA) is 44.5 Å². The molecule has 2 aromatic carbocycles. The molecule has 0 atom stereocenters. The van der Waals surface area contributed by atoms with Crippen molar-refractivity contribution in [1.82, 2.24) is 0 Å². The standard InChI is InChI=1S/C14H12ClF2NO2/c15-13-2-1-11(8-14(13)19-4-3-18)20-12-6-9(16)5-10(17)7-12/h1-2,5-8H,3-4,18H2. The Hall–Kier alpha value is -1.85. The van der Waals surface area contributed by atoms with E-state index in [9.17, 15) is 8.78 Å².